The second-order valence-corrected chi connectivity index (χ2v) is 5.18. The molecule has 3 rings (SSSR count). The number of nitrogens with one attached hydrogen (secondary N) is 1. The molecule has 0 radical (unpaired) electrons. The summed E-state index contributed by atoms with van der Waals surface area (Å²) >= 11 is 0. The number of hydrogen-bond donors (Lipinski definition) is 1. The highest BCUT2D eigenvalue weighted by atomic mass is 19.1. The fraction of sp³-hybridized carbons (Fsp3) is 0.111. The number of carbonyl (C=O) groups is 1. The monoisotopic (exact) mass is 326 g/mol. The molecule has 0 aliphatic heterocycles. The summed E-state index contributed by atoms with van der Waals surface area (Å²) < 4.78 is 24.0. The molecule has 1 aromatic heterocycles. The molecule has 0 spiro atoms. The van der Waals surface area contributed by atoms with Crippen molar-refractivity contribution in [3.8, 4) is 5.75 Å². The van der Waals surface area contributed by atoms with Gasteiger partial charge < -0.3 is 14.6 Å². The molecule has 5 nitrogen and oxygen atoms in total. The molecular formula is C18H15FN2O3. The Morgan fingerprint density at radius 2 is 1.96 bits per heavy atom. The average molecular weight is 326 g/mol. The van der Waals surface area contributed by atoms with Crippen LogP contribution in [0.5, 0.6) is 5.75 Å². The topological polar surface area (TPSA) is 64.4 Å². The minimum atomic E-state index is -0.954. The van der Waals surface area contributed by atoms with Gasteiger partial charge in [-0.15, -0.1) is 0 Å². The summed E-state index contributed by atoms with van der Waals surface area (Å²) in [5.74, 6) is 0.259. The van der Waals surface area contributed by atoms with Crippen LogP contribution in [0.1, 0.15) is 17.4 Å². The van der Waals surface area contributed by atoms with E-state index < -0.39 is 17.8 Å². The maximum atomic E-state index is 13.4. The lowest BCUT2D eigenvalue weighted by atomic mass is 10.1. The van der Waals surface area contributed by atoms with Crippen LogP contribution in [0.25, 0.3) is 0 Å². The molecule has 1 amide bonds. The van der Waals surface area contributed by atoms with Crippen molar-refractivity contribution in [2.75, 3.05) is 5.32 Å². The Balaban J connectivity index is 1.85. The zero-order valence-electron chi connectivity index (χ0n) is 12.9. The van der Waals surface area contributed by atoms with E-state index in [9.17, 15) is 9.18 Å². The third-order valence-electron chi connectivity index (χ3n) is 3.27. The number of nitrogens with zero attached hydrogens (tertiary/aromatic N) is 1. The van der Waals surface area contributed by atoms with Crippen molar-refractivity contribution in [3.63, 3.8) is 0 Å². The second-order valence-electron chi connectivity index (χ2n) is 5.18. The third-order valence-corrected chi connectivity index (χ3v) is 3.27. The molecule has 0 saturated carbocycles. The van der Waals surface area contributed by atoms with E-state index in [1.165, 1.54) is 18.2 Å². The molecule has 3 aromatic rings. The largest absolute Gasteiger partial charge is 0.476 e. The predicted molar refractivity (Wildman–Crippen MR) is 86.1 cm³/mol. The van der Waals surface area contributed by atoms with Crippen LogP contribution in [0.3, 0.4) is 0 Å². The number of rotatable bonds is 5. The summed E-state index contributed by atoms with van der Waals surface area (Å²) in [5, 5.41) is 6.36. The quantitative estimate of drug-likeness (QED) is 0.773. The zero-order valence-corrected chi connectivity index (χ0v) is 12.9. The maximum absolute atomic E-state index is 13.4. The number of aryl methyl sites for hydroxylation is 1. The number of amides is 1. The minimum absolute atomic E-state index is 0.260. The van der Waals surface area contributed by atoms with E-state index in [4.69, 9.17) is 9.26 Å². The fourth-order valence-corrected chi connectivity index (χ4v) is 2.19. The summed E-state index contributed by atoms with van der Waals surface area (Å²) in [6, 6.07) is 16.2. The molecule has 24 heavy (non-hydrogen) atoms. The first-order valence-corrected chi connectivity index (χ1v) is 7.33. The average Bonchev–Trinajstić information content (AvgIpc) is 2.98. The van der Waals surface area contributed by atoms with E-state index in [1.807, 2.05) is 6.07 Å². The first-order chi connectivity index (χ1) is 11.6. The molecule has 0 unspecified atom stereocenters. The van der Waals surface area contributed by atoms with E-state index in [1.54, 1.807) is 43.3 Å². The van der Waals surface area contributed by atoms with Gasteiger partial charge in [0.2, 0.25) is 6.10 Å². The number of ether oxygens (including phenoxy) is 1. The van der Waals surface area contributed by atoms with Gasteiger partial charge in [0, 0.05) is 17.7 Å². The van der Waals surface area contributed by atoms with Crippen molar-refractivity contribution in [1.82, 2.24) is 5.16 Å². The van der Waals surface area contributed by atoms with Crippen LogP contribution >= 0.6 is 0 Å². The number of carbonyl (C=O) groups excluding carboxylic acids is 1. The Hall–Kier alpha value is -3.15. The van der Waals surface area contributed by atoms with E-state index in [0.29, 0.717) is 17.1 Å². The molecule has 0 aliphatic rings. The third kappa shape index (κ3) is 3.78. The zero-order chi connectivity index (χ0) is 16.9. The van der Waals surface area contributed by atoms with Crippen molar-refractivity contribution in [1.29, 1.82) is 0 Å². The van der Waals surface area contributed by atoms with Crippen molar-refractivity contribution < 1.29 is 18.4 Å². The van der Waals surface area contributed by atoms with E-state index in [-0.39, 0.29) is 5.75 Å². The second kappa shape index (κ2) is 6.95. The molecule has 1 heterocycles. The van der Waals surface area contributed by atoms with Gasteiger partial charge in [0.15, 0.2) is 5.82 Å². The number of anilines is 1. The highest BCUT2D eigenvalue weighted by Gasteiger charge is 2.24. The van der Waals surface area contributed by atoms with Crippen LogP contribution < -0.4 is 10.1 Å². The number of aromatic nitrogens is 1. The standard InChI is InChI=1S/C18H15FN2O3/c1-12-10-16(21-24-12)20-18(22)17(13-6-3-2-4-7-13)23-15-9-5-8-14(19)11-15/h2-11,17H,1H3,(H,20,21,22)/t17-/m1/s1. The molecule has 0 fully saturated rings. The first-order valence-electron chi connectivity index (χ1n) is 7.33. The van der Waals surface area contributed by atoms with Gasteiger partial charge in [-0.25, -0.2) is 4.39 Å². The van der Waals surface area contributed by atoms with Gasteiger partial charge in [0.1, 0.15) is 17.3 Å². The van der Waals surface area contributed by atoms with Crippen molar-refractivity contribution >= 4 is 11.7 Å². The van der Waals surface area contributed by atoms with Crippen LogP contribution in [0.4, 0.5) is 10.2 Å². The van der Waals surface area contributed by atoms with E-state index in [2.05, 4.69) is 10.5 Å². The number of benzene rings is 2. The number of halogens is 1. The normalized spacial score (nSPS) is 11.8. The minimum Gasteiger partial charge on any atom is -0.476 e. The smallest absolute Gasteiger partial charge is 0.271 e. The molecular weight excluding hydrogens is 311 g/mol. The fourth-order valence-electron chi connectivity index (χ4n) is 2.19. The molecule has 0 bridgehead atoms. The summed E-state index contributed by atoms with van der Waals surface area (Å²) in [4.78, 5) is 12.6. The van der Waals surface area contributed by atoms with Crippen molar-refractivity contribution in [2.24, 2.45) is 0 Å². The molecule has 122 valence electrons. The lowest BCUT2D eigenvalue weighted by Gasteiger charge is -2.18. The Labute approximate surface area is 138 Å². The molecule has 0 aliphatic carbocycles. The van der Waals surface area contributed by atoms with E-state index in [0.717, 1.165) is 0 Å². The predicted octanol–water partition coefficient (Wildman–Crippen LogP) is 3.88. The van der Waals surface area contributed by atoms with Gasteiger partial charge >= 0.3 is 0 Å². The van der Waals surface area contributed by atoms with Gasteiger partial charge in [0.05, 0.1) is 0 Å². The Bertz CT molecular complexity index is 833. The first kappa shape index (κ1) is 15.7. The Morgan fingerprint density at radius 3 is 2.62 bits per heavy atom. The van der Waals surface area contributed by atoms with Crippen LogP contribution in [-0.2, 0) is 4.79 Å². The van der Waals surface area contributed by atoms with Crippen LogP contribution in [0, 0.1) is 12.7 Å². The Morgan fingerprint density at radius 1 is 1.17 bits per heavy atom. The maximum Gasteiger partial charge on any atom is 0.271 e. The van der Waals surface area contributed by atoms with Gasteiger partial charge in [-0.2, -0.15) is 0 Å². The van der Waals surface area contributed by atoms with Crippen molar-refractivity contribution in [2.45, 2.75) is 13.0 Å². The molecule has 0 saturated heterocycles. The molecule has 1 N–H and O–H groups in total. The summed E-state index contributed by atoms with van der Waals surface area (Å²) in [5.41, 5.74) is 0.638. The summed E-state index contributed by atoms with van der Waals surface area (Å²) in [6.45, 7) is 1.72. The van der Waals surface area contributed by atoms with Crippen LogP contribution in [0.15, 0.2) is 65.2 Å². The molecule has 6 heteroatoms. The van der Waals surface area contributed by atoms with Gasteiger partial charge in [-0.1, -0.05) is 41.6 Å². The SMILES string of the molecule is Cc1cc(NC(=O)[C@H](Oc2cccc(F)c2)c2ccccc2)no1. The van der Waals surface area contributed by atoms with Crippen LogP contribution in [-0.4, -0.2) is 11.1 Å². The highest BCUT2D eigenvalue weighted by Crippen LogP contribution is 2.24. The van der Waals surface area contributed by atoms with Crippen molar-refractivity contribution in [3.05, 3.63) is 77.8 Å². The lowest BCUT2D eigenvalue weighted by Crippen LogP contribution is -2.25. The van der Waals surface area contributed by atoms with Gasteiger partial charge in [-0.3, -0.25) is 4.79 Å². The lowest BCUT2D eigenvalue weighted by molar-refractivity contribution is -0.123. The van der Waals surface area contributed by atoms with Gasteiger partial charge in [-0.05, 0) is 19.1 Å². The molecule has 2 aromatic carbocycles. The summed E-state index contributed by atoms with van der Waals surface area (Å²) in [7, 11) is 0. The van der Waals surface area contributed by atoms with Gasteiger partial charge in [0.25, 0.3) is 5.91 Å². The number of hydrogen-bond acceptors (Lipinski definition) is 4. The highest BCUT2D eigenvalue weighted by molar-refractivity contribution is 5.94. The van der Waals surface area contributed by atoms with E-state index >= 15 is 0 Å². The Kier molecular flexibility index (Phi) is 4.56. The summed E-state index contributed by atoms with van der Waals surface area (Å²) in [6.07, 6.45) is -0.954. The van der Waals surface area contributed by atoms with Crippen LogP contribution in [0.2, 0.25) is 0 Å². The molecule has 1 atom stereocenters.